The molecule has 6 heteroatoms. The van der Waals surface area contributed by atoms with Gasteiger partial charge in [0.25, 0.3) is 0 Å². The van der Waals surface area contributed by atoms with Gasteiger partial charge in [-0.2, -0.15) is 0 Å². The van der Waals surface area contributed by atoms with Crippen LogP contribution >= 0.6 is 0 Å². The van der Waals surface area contributed by atoms with Gasteiger partial charge in [-0.05, 0) is 48.7 Å². The average Bonchev–Trinajstić information content (AvgIpc) is 2.67. The maximum atomic E-state index is 5.84. The van der Waals surface area contributed by atoms with Gasteiger partial charge in [-0.25, -0.2) is 9.97 Å². The van der Waals surface area contributed by atoms with E-state index in [0.29, 0.717) is 0 Å². The van der Waals surface area contributed by atoms with Gasteiger partial charge >= 0.3 is 0 Å². The number of ether oxygens (including phenoxy) is 2. The van der Waals surface area contributed by atoms with Crippen LogP contribution in [-0.2, 0) is 4.74 Å². The molecule has 0 aliphatic heterocycles. The summed E-state index contributed by atoms with van der Waals surface area (Å²) in [6, 6.07) is 10.6. The fraction of sp³-hybridized carbons (Fsp3) is 0.500. The van der Waals surface area contributed by atoms with Crippen LogP contribution in [0.25, 0.3) is 11.4 Å². The Labute approximate surface area is 162 Å². The third-order valence-electron chi connectivity index (χ3n) is 4.53. The summed E-state index contributed by atoms with van der Waals surface area (Å²) in [5.74, 6) is 2.56. The molecular weight excluding hydrogens is 356 g/mol. The van der Waals surface area contributed by atoms with Crippen molar-refractivity contribution in [1.29, 1.82) is 0 Å². The van der Waals surface area contributed by atoms with Gasteiger partial charge in [0.15, 0.2) is 5.82 Å². The highest BCUT2D eigenvalue weighted by Crippen LogP contribution is 2.19. The van der Waals surface area contributed by atoms with Crippen LogP contribution in [0.5, 0.6) is 5.75 Å². The first kappa shape index (κ1) is 20.8. The van der Waals surface area contributed by atoms with Crippen LogP contribution in [0.15, 0.2) is 36.7 Å². The Balaban J connectivity index is 1.57. The van der Waals surface area contributed by atoms with Crippen LogP contribution in [0.2, 0.25) is 12.1 Å². The molecule has 0 aliphatic carbocycles. The van der Waals surface area contributed by atoms with Gasteiger partial charge in [0, 0.05) is 30.4 Å². The maximum Gasteiger partial charge on any atom is 0.159 e. The standard InChI is InChI=1S/C20H32N2O2Si2/c1-4-16(2)13-26-15-23-14-25-10-9-24-19-7-5-18(6-8-19)20-21-11-17(3)12-22-20/h5-8,11-12,16H,4,9-10,13-15,25-26H2,1-3H3. The highest BCUT2D eigenvalue weighted by molar-refractivity contribution is 6.36. The van der Waals surface area contributed by atoms with Gasteiger partial charge in [0.1, 0.15) is 5.75 Å². The first-order valence-electron chi connectivity index (χ1n) is 9.78. The lowest BCUT2D eigenvalue weighted by atomic mass is 10.2. The summed E-state index contributed by atoms with van der Waals surface area (Å²) < 4.78 is 11.6. The second-order valence-corrected chi connectivity index (χ2v) is 10.4. The first-order chi connectivity index (χ1) is 12.7. The molecule has 0 N–H and O–H groups in total. The monoisotopic (exact) mass is 388 g/mol. The molecule has 0 amide bonds. The van der Waals surface area contributed by atoms with Gasteiger partial charge in [0.05, 0.1) is 25.6 Å². The molecule has 0 bridgehead atoms. The fourth-order valence-corrected chi connectivity index (χ4v) is 5.63. The number of benzene rings is 1. The van der Waals surface area contributed by atoms with Crippen LogP contribution in [0.1, 0.15) is 25.8 Å². The quantitative estimate of drug-likeness (QED) is 0.414. The predicted octanol–water partition coefficient (Wildman–Crippen LogP) is 2.98. The van der Waals surface area contributed by atoms with Gasteiger partial charge in [0.2, 0.25) is 0 Å². The van der Waals surface area contributed by atoms with Crippen molar-refractivity contribution in [3.8, 4) is 17.1 Å². The van der Waals surface area contributed by atoms with Crippen molar-refractivity contribution >= 4 is 19.0 Å². The molecule has 0 spiro atoms. The fourth-order valence-electron chi connectivity index (χ4n) is 2.58. The molecule has 1 heterocycles. The summed E-state index contributed by atoms with van der Waals surface area (Å²) in [5.41, 5.74) is 2.08. The Hall–Kier alpha value is -1.51. The number of nitrogens with zero attached hydrogens (tertiary/aromatic N) is 2. The lowest BCUT2D eigenvalue weighted by Crippen LogP contribution is -2.13. The maximum absolute atomic E-state index is 5.84. The van der Waals surface area contributed by atoms with Gasteiger partial charge < -0.3 is 9.47 Å². The summed E-state index contributed by atoms with van der Waals surface area (Å²) in [6.45, 7) is 7.40. The van der Waals surface area contributed by atoms with Crippen molar-refractivity contribution in [2.24, 2.45) is 5.92 Å². The van der Waals surface area contributed by atoms with Crippen LogP contribution in [0.3, 0.4) is 0 Å². The summed E-state index contributed by atoms with van der Waals surface area (Å²) in [5, 5.41) is 0. The molecule has 0 radical (unpaired) electrons. The topological polar surface area (TPSA) is 44.2 Å². The Morgan fingerprint density at radius 2 is 1.73 bits per heavy atom. The highest BCUT2D eigenvalue weighted by atomic mass is 28.2. The van der Waals surface area contributed by atoms with E-state index in [1.165, 1.54) is 12.5 Å². The van der Waals surface area contributed by atoms with E-state index in [9.17, 15) is 0 Å². The van der Waals surface area contributed by atoms with Crippen molar-refractivity contribution in [2.75, 3.05) is 19.1 Å². The van der Waals surface area contributed by atoms with E-state index < -0.39 is 0 Å². The third-order valence-corrected chi connectivity index (χ3v) is 7.86. The molecule has 0 fully saturated rings. The zero-order valence-electron chi connectivity index (χ0n) is 16.4. The van der Waals surface area contributed by atoms with Gasteiger partial charge in [-0.15, -0.1) is 0 Å². The van der Waals surface area contributed by atoms with Crippen molar-refractivity contribution < 1.29 is 9.47 Å². The van der Waals surface area contributed by atoms with Crippen LogP contribution in [0, 0.1) is 12.8 Å². The van der Waals surface area contributed by atoms with Crippen molar-refractivity contribution in [3.05, 3.63) is 42.2 Å². The SMILES string of the molecule is CCC(C)C[SiH2]COC[SiH2]CCOc1ccc(-c2ncc(C)cn2)cc1. The predicted molar refractivity (Wildman–Crippen MR) is 115 cm³/mol. The average molecular weight is 389 g/mol. The first-order valence-corrected chi connectivity index (χ1v) is 13.8. The lowest BCUT2D eigenvalue weighted by molar-refractivity contribution is 0.225. The van der Waals surface area contributed by atoms with Crippen molar-refractivity contribution in [3.63, 3.8) is 0 Å². The molecule has 0 saturated heterocycles. The molecule has 1 aromatic heterocycles. The number of aryl methyl sites for hydroxylation is 1. The zero-order valence-corrected chi connectivity index (χ0v) is 19.2. The molecule has 1 unspecified atom stereocenters. The Morgan fingerprint density at radius 3 is 2.42 bits per heavy atom. The minimum Gasteiger partial charge on any atom is -0.494 e. The second-order valence-electron chi connectivity index (χ2n) is 6.93. The van der Waals surface area contributed by atoms with Gasteiger partial charge in [-0.1, -0.05) is 26.3 Å². The van der Waals surface area contributed by atoms with E-state index in [1.807, 2.05) is 43.6 Å². The van der Waals surface area contributed by atoms with E-state index in [-0.39, 0.29) is 19.0 Å². The largest absolute Gasteiger partial charge is 0.494 e. The van der Waals surface area contributed by atoms with E-state index in [1.54, 1.807) is 0 Å². The highest BCUT2D eigenvalue weighted by Gasteiger charge is 2.02. The summed E-state index contributed by atoms with van der Waals surface area (Å²) >= 11 is 0. The number of aromatic nitrogens is 2. The molecule has 142 valence electrons. The Kier molecular flexibility index (Phi) is 9.59. The summed E-state index contributed by atoms with van der Waals surface area (Å²) in [6.07, 6.45) is 7.04. The van der Waals surface area contributed by atoms with E-state index in [2.05, 4.69) is 23.8 Å². The van der Waals surface area contributed by atoms with Gasteiger partial charge in [-0.3, -0.25) is 0 Å². The molecular formula is C20H32N2O2Si2. The van der Waals surface area contributed by atoms with Crippen LogP contribution in [0.4, 0.5) is 0 Å². The van der Waals surface area contributed by atoms with E-state index in [0.717, 1.165) is 53.7 Å². The molecule has 26 heavy (non-hydrogen) atoms. The number of rotatable bonds is 12. The summed E-state index contributed by atoms with van der Waals surface area (Å²) in [4.78, 5) is 8.70. The van der Waals surface area contributed by atoms with Crippen molar-refractivity contribution in [1.82, 2.24) is 9.97 Å². The smallest absolute Gasteiger partial charge is 0.159 e. The molecule has 2 aromatic rings. The molecule has 0 saturated carbocycles. The van der Waals surface area contributed by atoms with E-state index >= 15 is 0 Å². The lowest BCUT2D eigenvalue weighted by Gasteiger charge is -2.08. The molecule has 2 rings (SSSR count). The number of hydrogen-bond acceptors (Lipinski definition) is 4. The van der Waals surface area contributed by atoms with Crippen LogP contribution < -0.4 is 4.74 Å². The molecule has 0 aliphatic rings. The zero-order chi connectivity index (χ0) is 18.6. The minimum absolute atomic E-state index is 0.00157. The Morgan fingerprint density at radius 1 is 1.04 bits per heavy atom. The molecule has 1 aromatic carbocycles. The summed E-state index contributed by atoms with van der Waals surface area (Å²) in [7, 11) is -0.154. The van der Waals surface area contributed by atoms with Crippen LogP contribution in [-0.4, -0.2) is 48.1 Å². The molecule has 1 atom stereocenters. The minimum atomic E-state index is -0.156. The normalized spacial score (nSPS) is 13.0. The Bertz CT molecular complexity index is 621. The second kappa shape index (κ2) is 12.0. The van der Waals surface area contributed by atoms with E-state index in [4.69, 9.17) is 9.47 Å². The van der Waals surface area contributed by atoms with Crippen molar-refractivity contribution in [2.45, 2.75) is 39.3 Å². The molecule has 4 nitrogen and oxygen atoms in total. The third kappa shape index (κ3) is 7.80. The number of hydrogen-bond donors (Lipinski definition) is 0.